The highest BCUT2D eigenvalue weighted by molar-refractivity contribution is 6.78. The zero-order valence-electron chi connectivity index (χ0n) is 22.1. The number of hydrogen-bond donors (Lipinski definition) is 0. The van der Waals surface area contributed by atoms with Gasteiger partial charge in [-0.15, -0.1) is 0 Å². The van der Waals surface area contributed by atoms with E-state index in [0.717, 1.165) is 5.75 Å². The average Bonchev–Trinajstić information content (AvgIpc) is 2.71. The summed E-state index contributed by atoms with van der Waals surface area (Å²) in [5.41, 5.74) is 3.50. The molecule has 1 saturated heterocycles. The summed E-state index contributed by atoms with van der Waals surface area (Å²) in [4.78, 5) is 2.71. The molecule has 31 heavy (non-hydrogen) atoms. The summed E-state index contributed by atoms with van der Waals surface area (Å²) in [6.07, 6.45) is 6.67. The zero-order chi connectivity index (χ0) is 23.2. The number of likely N-dealkylation sites (tertiary alicyclic amines) is 1. The first-order chi connectivity index (χ1) is 14.6. The van der Waals surface area contributed by atoms with E-state index in [1.165, 1.54) is 57.3 Å². The number of unbranched alkanes of at least 4 members (excludes halogenated alkanes) is 3. The van der Waals surface area contributed by atoms with E-state index in [1.807, 2.05) is 0 Å². The smallest absolute Gasteiger partial charge is 0.258 e. The van der Waals surface area contributed by atoms with Gasteiger partial charge in [0.05, 0.1) is 0 Å². The molecule has 0 N–H and O–H groups in total. The maximum absolute atomic E-state index is 7.02. The lowest BCUT2D eigenvalue weighted by Crippen LogP contribution is -2.50. The van der Waals surface area contributed by atoms with Crippen LogP contribution >= 0.6 is 0 Å². The van der Waals surface area contributed by atoms with Crippen LogP contribution in [0.15, 0.2) is 24.3 Å². The van der Waals surface area contributed by atoms with Gasteiger partial charge >= 0.3 is 0 Å². The molecule has 1 aromatic rings. The van der Waals surface area contributed by atoms with Gasteiger partial charge < -0.3 is 9.33 Å². The third kappa shape index (κ3) is 5.96. The minimum atomic E-state index is -1.92. The molecule has 0 aliphatic carbocycles. The molecule has 0 radical (unpaired) electrons. The van der Waals surface area contributed by atoms with E-state index < -0.39 is 8.32 Å². The summed E-state index contributed by atoms with van der Waals surface area (Å²) < 4.78 is 7.02. The predicted octanol–water partition coefficient (Wildman–Crippen LogP) is 8.42. The molecular weight excluding hydrogens is 394 g/mol. The second-order valence-corrected chi connectivity index (χ2v) is 16.8. The largest absolute Gasteiger partial charge is 0.543 e. The van der Waals surface area contributed by atoms with Gasteiger partial charge in [-0.05, 0) is 71.6 Å². The summed E-state index contributed by atoms with van der Waals surface area (Å²) in [6.45, 7) is 25.2. The van der Waals surface area contributed by atoms with Crippen LogP contribution in [0.4, 0.5) is 0 Å². The maximum atomic E-state index is 7.02. The van der Waals surface area contributed by atoms with E-state index in [2.05, 4.69) is 91.5 Å². The number of hydrogen-bond acceptors (Lipinski definition) is 2. The summed E-state index contributed by atoms with van der Waals surface area (Å²) in [7, 11) is -1.92. The average molecular weight is 446 g/mol. The van der Waals surface area contributed by atoms with Crippen LogP contribution in [0.1, 0.15) is 100.0 Å². The molecule has 1 aromatic carbocycles. The van der Waals surface area contributed by atoms with Crippen LogP contribution in [0.5, 0.6) is 5.75 Å². The minimum Gasteiger partial charge on any atom is -0.543 e. The maximum Gasteiger partial charge on any atom is 0.258 e. The molecule has 1 fully saturated rings. The zero-order valence-corrected chi connectivity index (χ0v) is 23.1. The van der Waals surface area contributed by atoms with Crippen molar-refractivity contribution < 1.29 is 4.43 Å². The lowest BCUT2D eigenvalue weighted by Gasteiger charge is -2.46. The summed E-state index contributed by atoms with van der Waals surface area (Å²) in [6, 6.07) is 9.18. The molecule has 0 unspecified atom stereocenters. The Morgan fingerprint density at radius 1 is 1.03 bits per heavy atom. The van der Waals surface area contributed by atoms with Crippen LogP contribution < -0.4 is 4.43 Å². The Morgan fingerprint density at radius 3 is 2.23 bits per heavy atom. The van der Waals surface area contributed by atoms with Gasteiger partial charge in [0, 0.05) is 6.54 Å². The highest BCUT2D eigenvalue weighted by atomic mass is 28.4. The van der Waals surface area contributed by atoms with Crippen molar-refractivity contribution >= 4 is 8.32 Å². The molecule has 1 heterocycles. The fourth-order valence-electron chi connectivity index (χ4n) is 6.18. The first-order valence-corrected chi connectivity index (χ1v) is 15.2. The first kappa shape index (κ1) is 26.4. The van der Waals surface area contributed by atoms with E-state index >= 15 is 0 Å². The Hall–Kier alpha value is -0.803. The van der Waals surface area contributed by atoms with Crippen molar-refractivity contribution in [2.75, 3.05) is 19.6 Å². The van der Waals surface area contributed by atoms with Crippen LogP contribution in [0.25, 0.3) is 0 Å². The van der Waals surface area contributed by atoms with Gasteiger partial charge in [0.25, 0.3) is 8.32 Å². The number of piperidine rings is 1. The summed E-state index contributed by atoms with van der Waals surface area (Å²) in [5.74, 6) is 1.76. The quantitative estimate of drug-likeness (QED) is 0.250. The van der Waals surface area contributed by atoms with E-state index in [9.17, 15) is 0 Å². The third-order valence-corrected chi connectivity index (χ3v) is 14.4. The van der Waals surface area contributed by atoms with Crippen LogP contribution in [-0.4, -0.2) is 32.9 Å². The van der Waals surface area contributed by atoms with Crippen molar-refractivity contribution in [3.05, 3.63) is 29.8 Å². The normalized spacial score (nSPS) is 23.2. The Morgan fingerprint density at radius 2 is 1.68 bits per heavy atom. The first-order valence-electron chi connectivity index (χ1n) is 13.1. The van der Waals surface area contributed by atoms with Gasteiger partial charge in [0.1, 0.15) is 5.75 Å². The fourth-order valence-corrected chi connectivity index (χ4v) is 11.4. The SMILES string of the molecule is CCCCCCN1CC[C@](C)(c2cccc(O[Si](C(C)C)(C(C)C)C(C)C)c2)[C@@H](C)C1. The molecule has 0 saturated carbocycles. The molecule has 1 aliphatic heterocycles. The van der Waals surface area contributed by atoms with Gasteiger partial charge in [-0.1, -0.05) is 93.7 Å². The predicted molar refractivity (Wildman–Crippen MR) is 140 cm³/mol. The molecule has 3 heteroatoms. The summed E-state index contributed by atoms with van der Waals surface area (Å²) >= 11 is 0. The van der Waals surface area contributed by atoms with Crippen LogP contribution in [0.3, 0.4) is 0 Å². The van der Waals surface area contributed by atoms with E-state index in [1.54, 1.807) is 0 Å². The lowest BCUT2D eigenvalue weighted by molar-refractivity contribution is 0.109. The van der Waals surface area contributed by atoms with Gasteiger partial charge in [0.15, 0.2) is 0 Å². The molecule has 0 bridgehead atoms. The highest BCUT2D eigenvalue weighted by Crippen LogP contribution is 2.44. The van der Waals surface area contributed by atoms with Crippen molar-refractivity contribution in [2.45, 2.75) is 116 Å². The van der Waals surface area contributed by atoms with Crippen LogP contribution in [0, 0.1) is 5.92 Å². The Balaban J connectivity index is 2.17. The van der Waals surface area contributed by atoms with Crippen molar-refractivity contribution in [1.82, 2.24) is 4.90 Å². The van der Waals surface area contributed by atoms with E-state index in [0.29, 0.717) is 22.5 Å². The molecule has 178 valence electrons. The molecule has 2 atom stereocenters. The van der Waals surface area contributed by atoms with Crippen molar-refractivity contribution in [3.8, 4) is 5.75 Å². The second kappa shape index (κ2) is 11.4. The van der Waals surface area contributed by atoms with E-state index in [4.69, 9.17) is 4.43 Å². The molecular formula is C28H51NOSi. The molecule has 2 nitrogen and oxygen atoms in total. The lowest BCUT2D eigenvalue weighted by atomic mass is 9.68. The summed E-state index contributed by atoms with van der Waals surface area (Å²) in [5, 5.41) is 0. The number of nitrogens with zero attached hydrogens (tertiary/aromatic N) is 1. The monoisotopic (exact) mass is 445 g/mol. The van der Waals surface area contributed by atoms with Gasteiger partial charge in [-0.2, -0.15) is 0 Å². The highest BCUT2D eigenvalue weighted by Gasteiger charge is 2.47. The van der Waals surface area contributed by atoms with E-state index in [-0.39, 0.29) is 5.41 Å². The molecule has 0 aromatic heterocycles. The second-order valence-electron chi connectivity index (χ2n) is 11.4. The Labute approximate surface area is 195 Å². The Kier molecular flexibility index (Phi) is 9.70. The number of benzene rings is 1. The van der Waals surface area contributed by atoms with Crippen LogP contribution in [0.2, 0.25) is 16.6 Å². The van der Waals surface area contributed by atoms with Gasteiger partial charge in [-0.3, -0.25) is 0 Å². The third-order valence-electron chi connectivity index (χ3n) is 8.39. The van der Waals surface area contributed by atoms with Gasteiger partial charge in [0.2, 0.25) is 0 Å². The van der Waals surface area contributed by atoms with Crippen molar-refractivity contribution in [1.29, 1.82) is 0 Å². The Bertz CT molecular complexity index is 649. The fraction of sp³-hybridized carbons (Fsp3) is 0.786. The number of rotatable bonds is 11. The standard InChI is InChI=1S/C28H51NOSi/c1-10-11-12-13-18-29-19-17-28(9,25(8)21-29)26-15-14-16-27(20-26)30-31(22(2)3,23(4)5)24(6)7/h14-16,20,22-25H,10-13,17-19,21H2,1-9H3/t25-,28-/m0/s1. The van der Waals surface area contributed by atoms with Crippen molar-refractivity contribution in [3.63, 3.8) is 0 Å². The molecule has 0 amide bonds. The van der Waals surface area contributed by atoms with Crippen LogP contribution in [-0.2, 0) is 5.41 Å². The molecule has 1 aliphatic rings. The minimum absolute atomic E-state index is 0.233. The topological polar surface area (TPSA) is 12.5 Å². The molecule has 0 spiro atoms. The molecule has 2 rings (SSSR count). The van der Waals surface area contributed by atoms with Crippen molar-refractivity contribution in [2.24, 2.45) is 5.92 Å². The van der Waals surface area contributed by atoms with Gasteiger partial charge in [-0.25, -0.2) is 0 Å².